The molecule has 2 atom stereocenters. The minimum atomic E-state index is 0. The van der Waals surface area contributed by atoms with Crippen LogP contribution in [0.3, 0.4) is 0 Å². The van der Waals surface area contributed by atoms with Crippen LogP contribution in [0, 0.1) is 5.92 Å². The SMILES string of the molecule is Cl.Cl.NC1CCCC(C(=O)NCc2ccc(CN3CCOCC3)cc2)C1. The van der Waals surface area contributed by atoms with Gasteiger partial charge in [0.15, 0.2) is 0 Å². The van der Waals surface area contributed by atoms with Gasteiger partial charge in [-0.05, 0) is 30.4 Å². The second-order valence-corrected chi connectivity index (χ2v) is 7.05. The van der Waals surface area contributed by atoms with Crippen LogP contribution in [-0.4, -0.2) is 43.2 Å². The molecule has 148 valence electrons. The van der Waals surface area contributed by atoms with Crippen LogP contribution in [0.25, 0.3) is 0 Å². The van der Waals surface area contributed by atoms with E-state index >= 15 is 0 Å². The molecular weight excluding hydrogens is 373 g/mol. The van der Waals surface area contributed by atoms with Crippen molar-refractivity contribution in [1.29, 1.82) is 0 Å². The highest BCUT2D eigenvalue weighted by Crippen LogP contribution is 2.23. The van der Waals surface area contributed by atoms with Gasteiger partial charge in [0.05, 0.1) is 13.2 Å². The van der Waals surface area contributed by atoms with Crippen LogP contribution in [0.1, 0.15) is 36.8 Å². The minimum absolute atomic E-state index is 0. The molecule has 1 aromatic carbocycles. The number of nitrogens with zero attached hydrogens (tertiary/aromatic N) is 1. The van der Waals surface area contributed by atoms with Gasteiger partial charge in [-0.2, -0.15) is 0 Å². The summed E-state index contributed by atoms with van der Waals surface area (Å²) >= 11 is 0. The third-order valence-electron chi connectivity index (χ3n) is 5.09. The summed E-state index contributed by atoms with van der Waals surface area (Å²) in [5, 5.41) is 3.07. The first-order valence-corrected chi connectivity index (χ1v) is 9.12. The van der Waals surface area contributed by atoms with Crippen LogP contribution in [0.2, 0.25) is 0 Å². The highest BCUT2D eigenvalue weighted by molar-refractivity contribution is 5.85. The fraction of sp³-hybridized carbons (Fsp3) is 0.632. The quantitative estimate of drug-likeness (QED) is 0.792. The summed E-state index contributed by atoms with van der Waals surface area (Å²) in [4.78, 5) is 14.7. The number of morpholine rings is 1. The van der Waals surface area contributed by atoms with Crippen molar-refractivity contribution in [2.45, 2.75) is 44.8 Å². The predicted molar refractivity (Wildman–Crippen MR) is 109 cm³/mol. The van der Waals surface area contributed by atoms with Crippen LogP contribution >= 0.6 is 24.8 Å². The number of nitrogens with two attached hydrogens (primary N) is 1. The Morgan fingerprint density at radius 1 is 1.12 bits per heavy atom. The summed E-state index contributed by atoms with van der Waals surface area (Å²) in [5.41, 5.74) is 8.43. The molecule has 1 aromatic rings. The number of amides is 1. The molecule has 0 bridgehead atoms. The van der Waals surface area contributed by atoms with Crippen molar-refractivity contribution in [3.05, 3.63) is 35.4 Å². The van der Waals surface area contributed by atoms with E-state index in [0.717, 1.165) is 64.1 Å². The maximum Gasteiger partial charge on any atom is 0.223 e. The van der Waals surface area contributed by atoms with Gasteiger partial charge in [-0.25, -0.2) is 0 Å². The normalized spacial score (nSPS) is 23.4. The zero-order chi connectivity index (χ0) is 16.8. The Morgan fingerprint density at radius 2 is 1.77 bits per heavy atom. The van der Waals surface area contributed by atoms with E-state index in [1.165, 1.54) is 5.56 Å². The van der Waals surface area contributed by atoms with Gasteiger partial charge in [0.2, 0.25) is 5.91 Å². The summed E-state index contributed by atoms with van der Waals surface area (Å²) in [5.74, 6) is 0.247. The number of rotatable bonds is 5. The van der Waals surface area contributed by atoms with E-state index in [9.17, 15) is 4.79 Å². The zero-order valence-electron chi connectivity index (χ0n) is 15.2. The van der Waals surface area contributed by atoms with Crippen molar-refractivity contribution in [2.24, 2.45) is 11.7 Å². The number of halogens is 2. The molecule has 3 N–H and O–H groups in total. The van der Waals surface area contributed by atoms with Gasteiger partial charge in [0.1, 0.15) is 0 Å². The third-order valence-corrected chi connectivity index (χ3v) is 5.09. The second kappa shape index (κ2) is 11.8. The van der Waals surface area contributed by atoms with Crippen molar-refractivity contribution in [2.75, 3.05) is 26.3 Å². The number of nitrogens with one attached hydrogen (secondary N) is 1. The number of carbonyl (C=O) groups is 1. The Bertz CT molecular complexity index is 536. The molecule has 1 heterocycles. The highest BCUT2D eigenvalue weighted by atomic mass is 35.5. The first kappa shape index (κ1) is 23.2. The number of ether oxygens (including phenoxy) is 1. The molecule has 7 heteroatoms. The molecule has 0 radical (unpaired) electrons. The molecule has 2 unspecified atom stereocenters. The van der Waals surface area contributed by atoms with Gasteiger partial charge in [-0.15, -0.1) is 24.8 Å². The number of carbonyl (C=O) groups excluding carboxylic acids is 1. The molecule has 26 heavy (non-hydrogen) atoms. The van der Waals surface area contributed by atoms with Crippen LogP contribution < -0.4 is 11.1 Å². The molecular formula is C19H31Cl2N3O2. The van der Waals surface area contributed by atoms with Crippen molar-refractivity contribution in [3.63, 3.8) is 0 Å². The van der Waals surface area contributed by atoms with Crippen LogP contribution in [-0.2, 0) is 22.6 Å². The van der Waals surface area contributed by atoms with E-state index in [2.05, 4.69) is 34.5 Å². The topological polar surface area (TPSA) is 67.6 Å². The third kappa shape index (κ3) is 7.05. The first-order valence-electron chi connectivity index (χ1n) is 9.12. The van der Waals surface area contributed by atoms with E-state index < -0.39 is 0 Å². The van der Waals surface area contributed by atoms with E-state index in [-0.39, 0.29) is 42.7 Å². The Labute approximate surface area is 168 Å². The summed E-state index contributed by atoms with van der Waals surface area (Å²) in [6.45, 7) is 5.23. The van der Waals surface area contributed by atoms with Crippen molar-refractivity contribution in [3.8, 4) is 0 Å². The molecule has 1 aliphatic heterocycles. The largest absolute Gasteiger partial charge is 0.379 e. The molecule has 0 aromatic heterocycles. The van der Waals surface area contributed by atoms with Gasteiger partial charge in [-0.1, -0.05) is 30.7 Å². The Morgan fingerprint density at radius 3 is 2.42 bits per heavy atom. The maximum atomic E-state index is 12.3. The number of benzene rings is 1. The lowest BCUT2D eigenvalue weighted by atomic mass is 9.85. The average molecular weight is 404 g/mol. The molecule has 5 nitrogen and oxygen atoms in total. The Balaban J connectivity index is 0.00000169. The van der Waals surface area contributed by atoms with Crippen LogP contribution in [0.4, 0.5) is 0 Å². The second-order valence-electron chi connectivity index (χ2n) is 7.05. The molecule has 1 saturated carbocycles. The van der Waals surface area contributed by atoms with Crippen LogP contribution in [0.15, 0.2) is 24.3 Å². The molecule has 2 fully saturated rings. The lowest BCUT2D eigenvalue weighted by molar-refractivity contribution is -0.126. The molecule has 0 spiro atoms. The van der Waals surface area contributed by atoms with Crippen LogP contribution in [0.5, 0.6) is 0 Å². The van der Waals surface area contributed by atoms with Gasteiger partial charge in [-0.3, -0.25) is 9.69 Å². The van der Waals surface area contributed by atoms with Gasteiger partial charge in [0, 0.05) is 38.1 Å². The first-order chi connectivity index (χ1) is 11.7. The highest BCUT2D eigenvalue weighted by Gasteiger charge is 2.24. The fourth-order valence-electron chi connectivity index (χ4n) is 3.58. The maximum absolute atomic E-state index is 12.3. The molecule has 1 amide bonds. The van der Waals surface area contributed by atoms with Crippen molar-refractivity contribution < 1.29 is 9.53 Å². The number of hydrogen-bond donors (Lipinski definition) is 2. The monoisotopic (exact) mass is 403 g/mol. The molecule has 1 aliphatic carbocycles. The Kier molecular flexibility index (Phi) is 10.5. The van der Waals surface area contributed by atoms with Gasteiger partial charge >= 0.3 is 0 Å². The summed E-state index contributed by atoms with van der Waals surface area (Å²) in [6.07, 6.45) is 3.91. The molecule has 1 saturated heterocycles. The molecule has 2 aliphatic rings. The average Bonchev–Trinajstić information content (AvgIpc) is 2.62. The van der Waals surface area contributed by atoms with E-state index in [1.807, 2.05) is 0 Å². The van der Waals surface area contributed by atoms with E-state index in [1.54, 1.807) is 0 Å². The summed E-state index contributed by atoms with van der Waals surface area (Å²) in [6, 6.07) is 8.74. The van der Waals surface area contributed by atoms with Crippen molar-refractivity contribution >= 4 is 30.7 Å². The smallest absolute Gasteiger partial charge is 0.223 e. The number of hydrogen-bond acceptors (Lipinski definition) is 4. The lowest BCUT2D eigenvalue weighted by Crippen LogP contribution is -2.37. The standard InChI is InChI=1S/C19H29N3O2.2ClH/c20-18-3-1-2-17(12-18)19(23)21-13-15-4-6-16(7-5-15)14-22-8-10-24-11-9-22;;/h4-7,17-18H,1-3,8-14,20H2,(H,21,23);2*1H. The fourth-order valence-corrected chi connectivity index (χ4v) is 3.58. The van der Waals surface area contributed by atoms with Gasteiger partial charge < -0.3 is 15.8 Å². The lowest BCUT2D eigenvalue weighted by Gasteiger charge is -2.26. The zero-order valence-corrected chi connectivity index (χ0v) is 16.8. The van der Waals surface area contributed by atoms with Gasteiger partial charge in [0.25, 0.3) is 0 Å². The van der Waals surface area contributed by atoms with E-state index in [0.29, 0.717) is 6.54 Å². The predicted octanol–water partition coefficient (Wildman–Crippen LogP) is 2.50. The minimum Gasteiger partial charge on any atom is -0.379 e. The summed E-state index contributed by atoms with van der Waals surface area (Å²) < 4.78 is 5.38. The molecule has 3 rings (SSSR count). The van der Waals surface area contributed by atoms with E-state index in [4.69, 9.17) is 10.5 Å². The van der Waals surface area contributed by atoms with Crippen molar-refractivity contribution in [1.82, 2.24) is 10.2 Å². The summed E-state index contributed by atoms with van der Waals surface area (Å²) in [7, 11) is 0. The Hall–Kier alpha value is -0.850.